The molecule has 5 nitrogen and oxygen atoms in total. The second-order valence-corrected chi connectivity index (χ2v) is 4.70. The SMILES string of the molecule is CCCNC(N)=NCc1coc(-c2cccs2)n1. The lowest BCUT2D eigenvalue weighted by atomic mass is 10.4. The molecule has 0 aromatic carbocycles. The summed E-state index contributed by atoms with van der Waals surface area (Å²) in [6.45, 7) is 3.33. The van der Waals surface area contributed by atoms with Gasteiger partial charge in [-0.05, 0) is 17.9 Å². The number of hydrogen-bond acceptors (Lipinski definition) is 4. The number of rotatable bonds is 5. The smallest absolute Gasteiger partial charge is 0.236 e. The van der Waals surface area contributed by atoms with E-state index in [-0.39, 0.29) is 0 Å². The normalized spacial score (nSPS) is 11.7. The summed E-state index contributed by atoms with van der Waals surface area (Å²) in [4.78, 5) is 9.57. The van der Waals surface area contributed by atoms with Crippen molar-refractivity contribution in [3.05, 3.63) is 29.5 Å². The Morgan fingerprint density at radius 3 is 3.22 bits per heavy atom. The third-order valence-electron chi connectivity index (χ3n) is 2.25. The van der Waals surface area contributed by atoms with E-state index >= 15 is 0 Å². The third-order valence-corrected chi connectivity index (χ3v) is 3.11. The molecular formula is C12H16N4OS. The highest BCUT2D eigenvalue weighted by Crippen LogP contribution is 2.23. The lowest BCUT2D eigenvalue weighted by Crippen LogP contribution is -2.32. The van der Waals surface area contributed by atoms with Crippen molar-refractivity contribution in [1.29, 1.82) is 0 Å². The zero-order chi connectivity index (χ0) is 12.8. The number of guanidine groups is 1. The van der Waals surface area contributed by atoms with Crippen LogP contribution >= 0.6 is 11.3 Å². The molecular weight excluding hydrogens is 248 g/mol. The molecule has 0 aliphatic carbocycles. The largest absolute Gasteiger partial charge is 0.443 e. The number of nitrogens with zero attached hydrogens (tertiary/aromatic N) is 2. The van der Waals surface area contributed by atoms with Gasteiger partial charge in [0.05, 0.1) is 11.4 Å². The molecule has 2 aromatic rings. The number of thiophene rings is 1. The zero-order valence-corrected chi connectivity index (χ0v) is 11.0. The maximum atomic E-state index is 5.69. The molecule has 2 rings (SSSR count). The van der Waals surface area contributed by atoms with Crippen molar-refractivity contribution in [2.75, 3.05) is 6.54 Å². The van der Waals surface area contributed by atoms with Crippen molar-refractivity contribution in [1.82, 2.24) is 10.3 Å². The highest BCUT2D eigenvalue weighted by atomic mass is 32.1. The van der Waals surface area contributed by atoms with Gasteiger partial charge in [-0.15, -0.1) is 11.3 Å². The van der Waals surface area contributed by atoms with Crippen molar-refractivity contribution in [3.8, 4) is 10.8 Å². The van der Waals surface area contributed by atoms with E-state index in [1.807, 2.05) is 17.5 Å². The van der Waals surface area contributed by atoms with Crippen LogP contribution in [0.3, 0.4) is 0 Å². The van der Waals surface area contributed by atoms with Gasteiger partial charge in [0.15, 0.2) is 5.96 Å². The molecule has 0 spiro atoms. The van der Waals surface area contributed by atoms with Crippen molar-refractivity contribution < 1.29 is 4.42 Å². The molecule has 3 N–H and O–H groups in total. The molecule has 96 valence electrons. The first-order valence-electron chi connectivity index (χ1n) is 5.81. The second kappa shape index (κ2) is 6.20. The van der Waals surface area contributed by atoms with E-state index in [4.69, 9.17) is 10.2 Å². The average Bonchev–Trinajstić information content (AvgIpc) is 3.03. The molecule has 0 atom stereocenters. The first-order chi connectivity index (χ1) is 8.79. The van der Waals surface area contributed by atoms with Crippen LogP contribution in [0.5, 0.6) is 0 Å². The van der Waals surface area contributed by atoms with Crippen molar-refractivity contribution in [2.24, 2.45) is 10.7 Å². The predicted octanol–water partition coefficient (Wildman–Crippen LogP) is 2.22. The topological polar surface area (TPSA) is 76.4 Å². The van der Waals surface area contributed by atoms with E-state index in [2.05, 4.69) is 22.2 Å². The van der Waals surface area contributed by atoms with Crippen LogP contribution in [0.15, 0.2) is 33.2 Å². The standard InChI is InChI=1S/C12H16N4OS/c1-2-5-14-12(13)15-7-9-8-17-11(16-9)10-4-3-6-18-10/h3-4,6,8H,2,5,7H2,1H3,(H3,13,14,15). The molecule has 0 radical (unpaired) electrons. The van der Waals surface area contributed by atoms with Crippen LogP contribution < -0.4 is 11.1 Å². The summed E-state index contributed by atoms with van der Waals surface area (Å²) in [6, 6.07) is 3.94. The van der Waals surface area contributed by atoms with Crippen LogP contribution in [0.25, 0.3) is 10.8 Å². The minimum absolute atomic E-state index is 0.428. The summed E-state index contributed by atoms with van der Waals surface area (Å²) < 4.78 is 5.39. The number of aromatic nitrogens is 1. The minimum atomic E-state index is 0.428. The Balaban J connectivity index is 1.95. The van der Waals surface area contributed by atoms with E-state index < -0.39 is 0 Å². The van der Waals surface area contributed by atoms with Gasteiger partial charge in [0.2, 0.25) is 5.89 Å². The lowest BCUT2D eigenvalue weighted by molar-refractivity contribution is 0.574. The quantitative estimate of drug-likeness (QED) is 0.641. The summed E-state index contributed by atoms with van der Waals surface area (Å²) in [5.41, 5.74) is 6.47. The lowest BCUT2D eigenvalue weighted by Gasteiger charge is -2.01. The van der Waals surface area contributed by atoms with Gasteiger partial charge >= 0.3 is 0 Å². The van der Waals surface area contributed by atoms with E-state index in [1.54, 1.807) is 17.6 Å². The highest BCUT2D eigenvalue weighted by Gasteiger charge is 2.06. The number of hydrogen-bond donors (Lipinski definition) is 2. The van der Waals surface area contributed by atoms with Gasteiger partial charge in [0, 0.05) is 6.54 Å². The van der Waals surface area contributed by atoms with Crippen LogP contribution in [0.4, 0.5) is 0 Å². The van der Waals surface area contributed by atoms with Gasteiger partial charge < -0.3 is 15.5 Å². The zero-order valence-electron chi connectivity index (χ0n) is 10.2. The Labute approximate surface area is 110 Å². The van der Waals surface area contributed by atoms with Crippen LogP contribution in [-0.4, -0.2) is 17.5 Å². The molecule has 6 heteroatoms. The number of oxazole rings is 1. The monoisotopic (exact) mass is 264 g/mol. The number of nitrogens with one attached hydrogen (secondary N) is 1. The minimum Gasteiger partial charge on any atom is -0.443 e. The van der Waals surface area contributed by atoms with Crippen molar-refractivity contribution >= 4 is 17.3 Å². The van der Waals surface area contributed by atoms with Gasteiger partial charge in [-0.2, -0.15) is 0 Å². The maximum absolute atomic E-state index is 5.69. The van der Waals surface area contributed by atoms with Crippen LogP contribution in [0, 0.1) is 0 Å². The van der Waals surface area contributed by atoms with Gasteiger partial charge in [0.1, 0.15) is 12.0 Å². The first kappa shape index (κ1) is 12.6. The summed E-state index contributed by atoms with van der Waals surface area (Å²) in [5, 5.41) is 5.00. The average molecular weight is 264 g/mol. The Morgan fingerprint density at radius 1 is 1.61 bits per heavy atom. The van der Waals surface area contributed by atoms with Crippen LogP contribution in [-0.2, 0) is 6.54 Å². The molecule has 0 saturated heterocycles. The second-order valence-electron chi connectivity index (χ2n) is 3.75. The third kappa shape index (κ3) is 3.33. The summed E-state index contributed by atoms with van der Waals surface area (Å²) in [6.07, 6.45) is 2.63. The Hall–Kier alpha value is -1.82. The van der Waals surface area contributed by atoms with Crippen LogP contribution in [0.2, 0.25) is 0 Å². The van der Waals surface area contributed by atoms with E-state index in [0.29, 0.717) is 18.4 Å². The van der Waals surface area contributed by atoms with E-state index in [9.17, 15) is 0 Å². The summed E-state index contributed by atoms with van der Waals surface area (Å²) >= 11 is 1.60. The molecule has 0 saturated carbocycles. The Morgan fingerprint density at radius 2 is 2.50 bits per heavy atom. The fraction of sp³-hybridized carbons (Fsp3) is 0.333. The van der Waals surface area contributed by atoms with Crippen LogP contribution in [0.1, 0.15) is 19.0 Å². The molecule has 0 aliphatic heterocycles. The molecule has 2 heterocycles. The predicted molar refractivity (Wildman–Crippen MR) is 73.4 cm³/mol. The molecule has 18 heavy (non-hydrogen) atoms. The highest BCUT2D eigenvalue weighted by molar-refractivity contribution is 7.13. The molecule has 0 aliphatic rings. The van der Waals surface area contributed by atoms with Gasteiger partial charge in [-0.1, -0.05) is 13.0 Å². The van der Waals surface area contributed by atoms with Gasteiger partial charge in [-0.3, -0.25) is 0 Å². The Kier molecular flexibility index (Phi) is 4.35. The van der Waals surface area contributed by atoms with Gasteiger partial charge in [-0.25, -0.2) is 9.98 Å². The summed E-state index contributed by atoms with van der Waals surface area (Å²) in [5.74, 6) is 1.08. The molecule has 0 fully saturated rings. The van der Waals surface area contributed by atoms with Gasteiger partial charge in [0.25, 0.3) is 0 Å². The van der Waals surface area contributed by atoms with E-state index in [0.717, 1.165) is 23.5 Å². The fourth-order valence-electron chi connectivity index (χ4n) is 1.37. The molecule has 0 amide bonds. The maximum Gasteiger partial charge on any atom is 0.236 e. The molecule has 0 unspecified atom stereocenters. The Bertz CT molecular complexity index is 504. The molecule has 0 bridgehead atoms. The number of aliphatic imine (C=N–C) groups is 1. The summed E-state index contributed by atoms with van der Waals surface area (Å²) in [7, 11) is 0. The van der Waals surface area contributed by atoms with Crippen molar-refractivity contribution in [2.45, 2.75) is 19.9 Å². The van der Waals surface area contributed by atoms with Crippen molar-refractivity contribution in [3.63, 3.8) is 0 Å². The van der Waals surface area contributed by atoms with E-state index in [1.165, 1.54) is 0 Å². The first-order valence-corrected chi connectivity index (χ1v) is 6.69. The number of nitrogens with two attached hydrogens (primary N) is 1. The fourth-order valence-corrected chi connectivity index (χ4v) is 2.02. The molecule has 2 aromatic heterocycles.